The van der Waals surface area contributed by atoms with Crippen molar-refractivity contribution in [3.8, 4) is 0 Å². The van der Waals surface area contributed by atoms with E-state index in [0.29, 0.717) is 33.3 Å². The highest BCUT2D eigenvalue weighted by Crippen LogP contribution is 2.33. The van der Waals surface area contributed by atoms with Gasteiger partial charge in [-0.15, -0.1) is 0 Å². The van der Waals surface area contributed by atoms with E-state index in [-0.39, 0.29) is 5.92 Å². The van der Waals surface area contributed by atoms with Gasteiger partial charge in [-0.2, -0.15) is 0 Å². The van der Waals surface area contributed by atoms with Gasteiger partial charge in [-0.1, -0.05) is 55.5 Å². The Morgan fingerprint density at radius 2 is 1.74 bits per heavy atom. The number of hydrogen-bond acceptors (Lipinski definition) is 4. The summed E-state index contributed by atoms with van der Waals surface area (Å²) < 4.78 is 31.8. The lowest BCUT2D eigenvalue weighted by Gasteiger charge is -2.22. The molecule has 1 aromatic heterocycles. The Hall–Kier alpha value is -3.90. The van der Waals surface area contributed by atoms with Crippen molar-refractivity contribution in [3.05, 3.63) is 112 Å². The largest absolute Gasteiger partial charge is 0.465 e. The van der Waals surface area contributed by atoms with Gasteiger partial charge in [-0.05, 0) is 47.0 Å². The van der Waals surface area contributed by atoms with Gasteiger partial charge in [0.2, 0.25) is 0 Å². The number of pyridine rings is 1. The normalized spacial score (nSPS) is 13.2. The second-order valence-electron chi connectivity index (χ2n) is 8.01. The summed E-state index contributed by atoms with van der Waals surface area (Å²) in [5.41, 5.74) is 3.60. The molecular formula is C28H23F2NO3. The highest BCUT2D eigenvalue weighted by Gasteiger charge is 2.23. The van der Waals surface area contributed by atoms with Gasteiger partial charge >= 0.3 is 5.97 Å². The third-order valence-electron chi connectivity index (χ3n) is 5.78. The number of benzene rings is 3. The van der Waals surface area contributed by atoms with Crippen LogP contribution in [0.1, 0.15) is 51.7 Å². The lowest BCUT2D eigenvalue weighted by Crippen LogP contribution is -2.13. The number of fused-ring (bicyclic) bond motifs is 1. The Morgan fingerprint density at radius 1 is 0.971 bits per heavy atom. The molecule has 0 aliphatic rings. The summed E-state index contributed by atoms with van der Waals surface area (Å²) in [6.07, 6.45) is 2.75. The lowest BCUT2D eigenvalue weighted by molar-refractivity contribution is 0.0597. The summed E-state index contributed by atoms with van der Waals surface area (Å²) in [4.78, 5) is 16.5. The first kappa shape index (κ1) is 23.3. The quantitative estimate of drug-likeness (QED) is 0.344. The average Bonchev–Trinajstić information content (AvgIpc) is 2.87. The molecule has 0 spiro atoms. The minimum atomic E-state index is -0.939. The Kier molecular flexibility index (Phi) is 6.80. The van der Waals surface area contributed by atoms with Crippen molar-refractivity contribution in [2.24, 2.45) is 0 Å². The average molecular weight is 459 g/mol. The van der Waals surface area contributed by atoms with Crippen LogP contribution in [0.4, 0.5) is 8.78 Å². The van der Waals surface area contributed by atoms with Gasteiger partial charge < -0.3 is 9.84 Å². The molecule has 0 saturated heterocycles. The van der Waals surface area contributed by atoms with Crippen molar-refractivity contribution in [1.82, 2.24) is 4.98 Å². The number of halogens is 2. The molecule has 4 aromatic rings. The molecule has 0 aliphatic heterocycles. The number of carbonyl (C=O) groups excluding carboxylic acids is 1. The molecule has 3 aromatic carbocycles. The summed E-state index contributed by atoms with van der Waals surface area (Å²) in [6.45, 7) is 1.86. The third kappa shape index (κ3) is 4.87. The Morgan fingerprint density at radius 3 is 2.53 bits per heavy atom. The molecule has 0 fully saturated rings. The van der Waals surface area contributed by atoms with Gasteiger partial charge in [-0.3, -0.25) is 0 Å². The molecule has 1 unspecified atom stereocenters. The fourth-order valence-corrected chi connectivity index (χ4v) is 3.90. The molecule has 172 valence electrons. The van der Waals surface area contributed by atoms with Crippen LogP contribution in [0.3, 0.4) is 0 Å². The van der Waals surface area contributed by atoms with Crippen molar-refractivity contribution in [3.63, 3.8) is 0 Å². The summed E-state index contributed by atoms with van der Waals surface area (Å²) >= 11 is 0. The molecule has 1 N–H and O–H groups in total. The standard InChI is InChI=1S/C28H23F2NO3/c1-17(22-8-3-4-9-23(22)28(33)34-2)27(32)20-7-5-6-18(14-20)10-12-21-13-11-19-15-24(29)25(30)16-26(19)31-21/h3-17,27,32H,1-2H3/t17?,27-/m0/s1. The van der Waals surface area contributed by atoms with Crippen LogP contribution in [0.2, 0.25) is 0 Å². The number of aliphatic hydroxyl groups excluding tert-OH is 1. The van der Waals surface area contributed by atoms with Crippen LogP contribution in [0, 0.1) is 11.6 Å². The van der Waals surface area contributed by atoms with E-state index < -0.39 is 23.7 Å². The van der Waals surface area contributed by atoms with Crippen molar-refractivity contribution in [2.75, 3.05) is 7.11 Å². The fourth-order valence-electron chi connectivity index (χ4n) is 3.90. The zero-order chi connectivity index (χ0) is 24.2. The van der Waals surface area contributed by atoms with Crippen LogP contribution in [0.5, 0.6) is 0 Å². The van der Waals surface area contributed by atoms with Gasteiger partial charge in [0, 0.05) is 17.4 Å². The molecule has 4 rings (SSSR count). The zero-order valence-corrected chi connectivity index (χ0v) is 18.7. The van der Waals surface area contributed by atoms with Gasteiger partial charge in [0.25, 0.3) is 0 Å². The SMILES string of the molecule is COC(=O)c1ccccc1C(C)[C@H](O)c1cccc(C=Cc2ccc3cc(F)c(F)cc3n2)c1. The predicted molar refractivity (Wildman–Crippen MR) is 128 cm³/mol. The van der Waals surface area contributed by atoms with Gasteiger partial charge in [0.1, 0.15) is 0 Å². The lowest BCUT2D eigenvalue weighted by atomic mass is 9.87. The van der Waals surface area contributed by atoms with E-state index in [1.54, 1.807) is 30.3 Å². The highest BCUT2D eigenvalue weighted by molar-refractivity contribution is 5.91. The van der Waals surface area contributed by atoms with Crippen molar-refractivity contribution in [1.29, 1.82) is 0 Å². The third-order valence-corrected chi connectivity index (χ3v) is 5.78. The maximum absolute atomic E-state index is 13.5. The Bertz CT molecular complexity index is 1380. The number of hydrogen-bond donors (Lipinski definition) is 1. The fraction of sp³-hybridized carbons (Fsp3) is 0.143. The molecule has 6 heteroatoms. The smallest absolute Gasteiger partial charge is 0.338 e. The Labute approximate surface area is 196 Å². The molecule has 0 saturated carbocycles. The molecular weight excluding hydrogens is 436 g/mol. The molecule has 0 radical (unpaired) electrons. The van der Waals surface area contributed by atoms with Gasteiger partial charge in [0.05, 0.1) is 30.0 Å². The van der Waals surface area contributed by atoms with E-state index >= 15 is 0 Å². The Balaban J connectivity index is 1.57. The zero-order valence-electron chi connectivity index (χ0n) is 18.7. The molecule has 4 nitrogen and oxygen atoms in total. The molecule has 2 atom stereocenters. The number of methoxy groups -OCH3 is 1. The van der Waals surface area contributed by atoms with E-state index in [0.717, 1.165) is 17.7 Å². The number of rotatable bonds is 6. The number of esters is 1. The first-order chi connectivity index (χ1) is 16.4. The van der Waals surface area contributed by atoms with Crippen LogP contribution < -0.4 is 0 Å². The van der Waals surface area contributed by atoms with Crippen LogP contribution in [-0.2, 0) is 4.74 Å². The van der Waals surface area contributed by atoms with Crippen LogP contribution in [0.25, 0.3) is 23.1 Å². The van der Waals surface area contributed by atoms with Crippen LogP contribution in [-0.4, -0.2) is 23.2 Å². The predicted octanol–water partition coefficient (Wildman–Crippen LogP) is 6.31. The van der Waals surface area contributed by atoms with E-state index in [9.17, 15) is 18.7 Å². The first-order valence-electron chi connectivity index (χ1n) is 10.8. The number of ether oxygens (including phenoxy) is 1. The highest BCUT2D eigenvalue weighted by atomic mass is 19.2. The number of aromatic nitrogens is 1. The van der Waals surface area contributed by atoms with E-state index in [2.05, 4.69) is 4.98 Å². The van der Waals surface area contributed by atoms with E-state index in [1.165, 1.54) is 7.11 Å². The first-order valence-corrected chi connectivity index (χ1v) is 10.8. The molecule has 0 aliphatic carbocycles. The maximum atomic E-state index is 13.5. The van der Waals surface area contributed by atoms with E-state index in [1.807, 2.05) is 49.4 Å². The monoisotopic (exact) mass is 459 g/mol. The van der Waals surface area contributed by atoms with Gasteiger partial charge in [-0.25, -0.2) is 18.6 Å². The number of aliphatic hydroxyl groups is 1. The van der Waals surface area contributed by atoms with Crippen LogP contribution >= 0.6 is 0 Å². The molecule has 34 heavy (non-hydrogen) atoms. The minimum Gasteiger partial charge on any atom is -0.465 e. The molecule has 1 heterocycles. The maximum Gasteiger partial charge on any atom is 0.338 e. The summed E-state index contributed by atoms with van der Waals surface area (Å²) in [5.74, 6) is -2.65. The summed E-state index contributed by atoms with van der Waals surface area (Å²) in [5, 5.41) is 11.6. The molecule has 0 amide bonds. The number of carbonyl (C=O) groups is 1. The van der Waals surface area contributed by atoms with Crippen molar-refractivity contribution >= 4 is 29.0 Å². The van der Waals surface area contributed by atoms with Crippen molar-refractivity contribution < 1.29 is 23.4 Å². The van der Waals surface area contributed by atoms with Gasteiger partial charge in [0.15, 0.2) is 11.6 Å². The van der Waals surface area contributed by atoms with E-state index in [4.69, 9.17) is 4.74 Å². The van der Waals surface area contributed by atoms with Crippen LogP contribution in [0.15, 0.2) is 72.8 Å². The second-order valence-corrected chi connectivity index (χ2v) is 8.01. The summed E-state index contributed by atoms with van der Waals surface area (Å²) in [7, 11) is 1.33. The summed E-state index contributed by atoms with van der Waals surface area (Å²) in [6, 6.07) is 20.1. The van der Waals surface area contributed by atoms with Crippen molar-refractivity contribution in [2.45, 2.75) is 18.9 Å². The number of nitrogens with zero attached hydrogens (tertiary/aromatic N) is 1. The molecule has 0 bridgehead atoms. The minimum absolute atomic E-state index is 0.355. The second kappa shape index (κ2) is 9.93. The topological polar surface area (TPSA) is 59.4 Å².